The normalized spacial score (nSPS) is 11.1. The first-order chi connectivity index (χ1) is 15.3. The molecule has 31 heavy (non-hydrogen) atoms. The number of nitrogens with one attached hydrogen (secondary N) is 1. The molecule has 0 aliphatic carbocycles. The summed E-state index contributed by atoms with van der Waals surface area (Å²) < 4.78 is 2.24. The van der Waals surface area contributed by atoms with Crippen molar-refractivity contribution in [2.45, 2.75) is 13.0 Å². The maximum absolute atomic E-state index is 12.3. The standard InChI is InChI=1S/C26H22N4O/c31-26(23-10-5-6-15-27-23)28-16-14-25-29-22-9-3-4-11-24(22)30(25)18-19-12-13-20-7-1-2-8-21(20)17-19/h1-13,15,17H,14,16,18H2,(H,28,31). The number of hydrogen-bond donors (Lipinski definition) is 1. The highest BCUT2D eigenvalue weighted by Gasteiger charge is 2.12. The summed E-state index contributed by atoms with van der Waals surface area (Å²) >= 11 is 0. The van der Waals surface area contributed by atoms with Gasteiger partial charge in [0.05, 0.1) is 11.0 Å². The van der Waals surface area contributed by atoms with Gasteiger partial charge < -0.3 is 9.88 Å². The lowest BCUT2D eigenvalue weighted by Gasteiger charge is -2.11. The molecule has 5 rings (SSSR count). The number of amides is 1. The number of imidazole rings is 1. The Labute approximate surface area is 180 Å². The van der Waals surface area contributed by atoms with Crippen LogP contribution in [0.5, 0.6) is 0 Å². The van der Waals surface area contributed by atoms with Crippen LogP contribution >= 0.6 is 0 Å². The predicted octanol–water partition coefficient (Wildman–Crippen LogP) is 4.61. The first kappa shape index (κ1) is 19.0. The monoisotopic (exact) mass is 406 g/mol. The van der Waals surface area contributed by atoms with Crippen LogP contribution in [0.4, 0.5) is 0 Å². The van der Waals surface area contributed by atoms with Crippen LogP contribution in [0.3, 0.4) is 0 Å². The van der Waals surface area contributed by atoms with Crippen molar-refractivity contribution >= 4 is 27.7 Å². The number of pyridine rings is 1. The van der Waals surface area contributed by atoms with Gasteiger partial charge in [-0.1, -0.05) is 54.6 Å². The molecule has 0 spiro atoms. The van der Waals surface area contributed by atoms with Crippen LogP contribution in [0, 0.1) is 0 Å². The zero-order valence-electron chi connectivity index (χ0n) is 17.0. The third-order valence-electron chi connectivity index (χ3n) is 5.42. The Bertz CT molecular complexity index is 1360. The molecular formula is C26H22N4O. The summed E-state index contributed by atoms with van der Waals surface area (Å²) in [6, 6.07) is 28.4. The van der Waals surface area contributed by atoms with Gasteiger partial charge in [-0.25, -0.2) is 4.98 Å². The molecular weight excluding hydrogens is 384 g/mol. The Morgan fingerprint density at radius 2 is 1.68 bits per heavy atom. The number of carbonyl (C=O) groups is 1. The second kappa shape index (κ2) is 8.40. The van der Waals surface area contributed by atoms with Crippen molar-refractivity contribution in [3.8, 4) is 0 Å². The zero-order valence-corrected chi connectivity index (χ0v) is 17.0. The number of rotatable bonds is 6. The number of para-hydroxylation sites is 2. The van der Waals surface area contributed by atoms with Gasteiger partial charge in [-0.3, -0.25) is 9.78 Å². The van der Waals surface area contributed by atoms with Crippen molar-refractivity contribution in [3.05, 3.63) is 108 Å². The SMILES string of the molecule is O=C(NCCc1nc2ccccc2n1Cc1ccc2ccccc2c1)c1ccccn1. The molecule has 0 aliphatic heterocycles. The fourth-order valence-corrected chi connectivity index (χ4v) is 3.89. The van der Waals surface area contributed by atoms with Gasteiger partial charge in [-0.2, -0.15) is 0 Å². The maximum atomic E-state index is 12.3. The molecule has 0 atom stereocenters. The van der Waals surface area contributed by atoms with E-state index in [-0.39, 0.29) is 5.91 Å². The van der Waals surface area contributed by atoms with E-state index in [1.165, 1.54) is 16.3 Å². The van der Waals surface area contributed by atoms with Crippen molar-refractivity contribution in [2.24, 2.45) is 0 Å². The topological polar surface area (TPSA) is 59.8 Å². The minimum absolute atomic E-state index is 0.169. The number of hydrogen-bond acceptors (Lipinski definition) is 3. The van der Waals surface area contributed by atoms with Gasteiger partial charge in [-0.05, 0) is 46.7 Å². The van der Waals surface area contributed by atoms with E-state index in [0.717, 1.165) is 23.4 Å². The smallest absolute Gasteiger partial charge is 0.269 e. The molecule has 1 amide bonds. The van der Waals surface area contributed by atoms with E-state index >= 15 is 0 Å². The van der Waals surface area contributed by atoms with Gasteiger partial charge >= 0.3 is 0 Å². The second-order valence-electron chi connectivity index (χ2n) is 7.51. The lowest BCUT2D eigenvalue weighted by Crippen LogP contribution is -2.27. The van der Waals surface area contributed by atoms with Crippen LogP contribution < -0.4 is 5.32 Å². The Kier molecular flexibility index (Phi) is 5.15. The molecule has 0 bridgehead atoms. The summed E-state index contributed by atoms with van der Waals surface area (Å²) in [6.45, 7) is 1.23. The number of benzene rings is 3. The van der Waals surface area contributed by atoms with Crippen molar-refractivity contribution in [3.63, 3.8) is 0 Å². The number of carbonyl (C=O) groups excluding carboxylic acids is 1. The number of aromatic nitrogens is 3. The van der Waals surface area contributed by atoms with Crippen LogP contribution in [-0.4, -0.2) is 27.0 Å². The third kappa shape index (κ3) is 4.03. The van der Waals surface area contributed by atoms with Gasteiger partial charge in [0.1, 0.15) is 11.5 Å². The molecule has 2 aromatic heterocycles. The van der Waals surface area contributed by atoms with Crippen LogP contribution in [0.1, 0.15) is 21.9 Å². The number of nitrogens with zero attached hydrogens (tertiary/aromatic N) is 3. The molecule has 5 nitrogen and oxygen atoms in total. The van der Waals surface area contributed by atoms with E-state index in [2.05, 4.69) is 63.4 Å². The highest BCUT2D eigenvalue weighted by molar-refractivity contribution is 5.92. The molecule has 0 aliphatic rings. The molecule has 0 saturated heterocycles. The summed E-state index contributed by atoms with van der Waals surface area (Å²) in [6.07, 6.45) is 2.26. The predicted molar refractivity (Wildman–Crippen MR) is 123 cm³/mol. The van der Waals surface area contributed by atoms with Gasteiger partial charge in [-0.15, -0.1) is 0 Å². The molecule has 1 N–H and O–H groups in total. The Hall–Kier alpha value is -3.99. The molecule has 0 fully saturated rings. The van der Waals surface area contributed by atoms with Crippen molar-refractivity contribution in [1.82, 2.24) is 19.9 Å². The first-order valence-electron chi connectivity index (χ1n) is 10.4. The Balaban J connectivity index is 1.39. The Morgan fingerprint density at radius 3 is 2.55 bits per heavy atom. The van der Waals surface area contributed by atoms with Gasteiger partial charge in [0.25, 0.3) is 5.91 Å². The fraction of sp³-hybridized carbons (Fsp3) is 0.115. The van der Waals surface area contributed by atoms with Crippen molar-refractivity contribution < 1.29 is 4.79 Å². The third-order valence-corrected chi connectivity index (χ3v) is 5.42. The van der Waals surface area contributed by atoms with Crippen LogP contribution in [0.25, 0.3) is 21.8 Å². The zero-order chi connectivity index (χ0) is 21.0. The van der Waals surface area contributed by atoms with E-state index in [0.29, 0.717) is 18.7 Å². The van der Waals surface area contributed by atoms with Crippen molar-refractivity contribution in [1.29, 1.82) is 0 Å². The molecule has 152 valence electrons. The van der Waals surface area contributed by atoms with E-state index in [9.17, 15) is 4.79 Å². The van der Waals surface area contributed by atoms with Crippen LogP contribution in [0.2, 0.25) is 0 Å². The molecule has 3 aromatic carbocycles. The van der Waals surface area contributed by atoms with E-state index in [1.54, 1.807) is 18.3 Å². The quantitative estimate of drug-likeness (QED) is 0.448. The maximum Gasteiger partial charge on any atom is 0.269 e. The molecule has 0 unspecified atom stereocenters. The minimum atomic E-state index is -0.169. The molecule has 5 aromatic rings. The second-order valence-corrected chi connectivity index (χ2v) is 7.51. The minimum Gasteiger partial charge on any atom is -0.350 e. The van der Waals surface area contributed by atoms with Gasteiger partial charge in [0.15, 0.2) is 0 Å². The molecule has 5 heteroatoms. The molecule has 0 radical (unpaired) electrons. The highest BCUT2D eigenvalue weighted by Crippen LogP contribution is 2.21. The van der Waals surface area contributed by atoms with Crippen LogP contribution in [0.15, 0.2) is 91.1 Å². The largest absolute Gasteiger partial charge is 0.350 e. The summed E-state index contributed by atoms with van der Waals surface area (Å²) in [5.74, 6) is 0.786. The highest BCUT2D eigenvalue weighted by atomic mass is 16.1. The average Bonchev–Trinajstić information content (AvgIpc) is 3.16. The van der Waals surface area contributed by atoms with Gasteiger partial charge in [0, 0.05) is 25.7 Å². The summed E-state index contributed by atoms with van der Waals surface area (Å²) in [7, 11) is 0. The van der Waals surface area contributed by atoms with Gasteiger partial charge in [0.2, 0.25) is 0 Å². The first-order valence-corrected chi connectivity index (χ1v) is 10.4. The van der Waals surface area contributed by atoms with E-state index in [4.69, 9.17) is 4.98 Å². The fourth-order valence-electron chi connectivity index (χ4n) is 3.89. The van der Waals surface area contributed by atoms with E-state index < -0.39 is 0 Å². The van der Waals surface area contributed by atoms with Crippen molar-refractivity contribution in [2.75, 3.05) is 6.54 Å². The summed E-state index contributed by atoms with van der Waals surface area (Å²) in [4.78, 5) is 21.2. The lowest BCUT2D eigenvalue weighted by molar-refractivity contribution is 0.0949. The average molecular weight is 406 g/mol. The number of fused-ring (bicyclic) bond motifs is 2. The summed E-state index contributed by atoms with van der Waals surface area (Å²) in [5, 5.41) is 5.42. The molecule has 2 heterocycles. The van der Waals surface area contributed by atoms with Crippen LogP contribution in [-0.2, 0) is 13.0 Å². The lowest BCUT2D eigenvalue weighted by atomic mass is 10.1. The van der Waals surface area contributed by atoms with E-state index in [1.807, 2.05) is 24.3 Å². The summed E-state index contributed by atoms with van der Waals surface area (Å²) in [5.41, 5.74) is 3.71. The Morgan fingerprint density at radius 1 is 0.871 bits per heavy atom. The molecule has 0 saturated carbocycles.